The summed E-state index contributed by atoms with van der Waals surface area (Å²) in [5, 5.41) is 6.62. The Morgan fingerprint density at radius 2 is 2.38 bits per heavy atom. The molecule has 0 aliphatic heterocycles. The van der Waals surface area contributed by atoms with Gasteiger partial charge in [-0.15, -0.1) is 11.3 Å². The number of nitrogens with one attached hydrogen (secondary N) is 1. The number of ether oxygens (including phenoxy) is 1. The molecule has 90 valence electrons. The molecule has 0 spiro atoms. The number of aromatic nitrogens is 1. The van der Waals surface area contributed by atoms with E-state index in [-0.39, 0.29) is 0 Å². The Morgan fingerprint density at radius 1 is 1.56 bits per heavy atom. The number of rotatable bonds is 7. The van der Waals surface area contributed by atoms with Crippen LogP contribution in [0.2, 0.25) is 0 Å². The molecule has 1 aromatic rings. The lowest BCUT2D eigenvalue weighted by Crippen LogP contribution is -2.21. The van der Waals surface area contributed by atoms with Gasteiger partial charge in [0, 0.05) is 24.6 Å². The van der Waals surface area contributed by atoms with Crippen LogP contribution in [0.15, 0.2) is 5.38 Å². The van der Waals surface area contributed by atoms with Crippen LogP contribution in [0.1, 0.15) is 37.4 Å². The third-order valence-corrected chi connectivity index (χ3v) is 3.46. The van der Waals surface area contributed by atoms with Gasteiger partial charge in [-0.1, -0.05) is 13.8 Å². The molecule has 0 unspecified atom stereocenters. The first-order valence-corrected chi connectivity index (χ1v) is 6.86. The van der Waals surface area contributed by atoms with Crippen LogP contribution in [0.5, 0.6) is 0 Å². The molecule has 0 radical (unpaired) electrons. The van der Waals surface area contributed by atoms with E-state index in [1.54, 1.807) is 11.3 Å². The molecule has 0 amide bonds. The molecule has 1 aliphatic rings. The number of nitrogens with zero attached hydrogens (tertiary/aromatic N) is 1. The van der Waals surface area contributed by atoms with Crippen LogP contribution in [0.4, 0.5) is 0 Å². The van der Waals surface area contributed by atoms with Gasteiger partial charge in [-0.25, -0.2) is 4.98 Å². The predicted molar refractivity (Wildman–Crippen MR) is 66.5 cm³/mol. The maximum atomic E-state index is 5.61. The third kappa shape index (κ3) is 4.20. The first-order chi connectivity index (χ1) is 7.74. The van der Waals surface area contributed by atoms with E-state index in [4.69, 9.17) is 4.74 Å². The highest BCUT2D eigenvalue weighted by Crippen LogP contribution is 2.29. The normalized spacial score (nSPS) is 15.9. The van der Waals surface area contributed by atoms with Crippen molar-refractivity contribution < 1.29 is 4.74 Å². The molecule has 1 heterocycles. The topological polar surface area (TPSA) is 34.2 Å². The molecule has 1 saturated carbocycles. The van der Waals surface area contributed by atoms with E-state index in [2.05, 4.69) is 29.5 Å². The Labute approximate surface area is 101 Å². The van der Waals surface area contributed by atoms with Crippen molar-refractivity contribution in [3.05, 3.63) is 16.1 Å². The summed E-state index contributed by atoms with van der Waals surface area (Å²) in [6.07, 6.45) is 2.70. The summed E-state index contributed by atoms with van der Waals surface area (Å²) in [6.45, 7) is 6.75. The minimum absolute atomic E-state index is 0.512. The second-order valence-corrected chi connectivity index (χ2v) is 5.67. The SMILES string of the molecule is CC(C)NCc1nc(COCC2CC2)cs1. The summed E-state index contributed by atoms with van der Waals surface area (Å²) >= 11 is 1.71. The number of thiazole rings is 1. The van der Waals surface area contributed by atoms with Crippen molar-refractivity contribution in [3.63, 3.8) is 0 Å². The molecule has 0 atom stereocenters. The lowest BCUT2D eigenvalue weighted by atomic mass is 10.4. The summed E-state index contributed by atoms with van der Waals surface area (Å²) in [7, 11) is 0. The van der Waals surface area contributed by atoms with E-state index in [0.717, 1.165) is 29.8 Å². The molecule has 3 nitrogen and oxygen atoms in total. The van der Waals surface area contributed by atoms with Crippen molar-refractivity contribution in [2.24, 2.45) is 5.92 Å². The summed E-state index contributed by atoms with van der Waals surface area (Å²) < 4.78 is 5.61. The lowest BCUT2D eigenvalue weighted by Gasteiger charge is -2.04. The lowest BCUT2D eigenvalue weighted by molar-refractivity contribution is 0.109. The largest absolute Gasteiger partial charge is 0.375 e. The van der Waals surface area contributed by atoms with Crippen molar-refractivity contribution in [3.8, 4) is 0 Å². The Bertz CT molecular complexity index is 321. The maximum Gasteiger partial charge on any atom is 0.107 e. The first kappa shape index (κ1) is 12.0. The Balaban J connectivity index is 1.68. The fraction of sp³-hybridized carbons (Fsp3) is 0.750. The molecule has 1 aliphatic carbocycles. The Kier molecular flexibility index (Phi) is 4.32. The van der Waals surface area contributed by atoms with E-state index >= 15 is 0 Å². The van der Waals surface area contributed by atoms with E-state index in [0.29, 0.717) is 12.6 Å². The van der Waals surface area contributed by atoms with Crippen molar-refractivity contribution in [2.45, 2.75) is 45.9 Å². The molecule has 4 heteroatoms. The van der Waals surface area contributed by atoms with Gasteiger partial charge in [0.1, 0.15) is 5.01 Å². The fourth-order valence-electron chi connectivity index (χ4n) is 1.40. The fourth-order valence-corrected chi connectivity index (χ4v) is 2.13. The van der Waals surface area contributed by atoms with Gasteiger partial charge in [0.15, 0.2) is 0 Å². The molecule has 1 fully saturated rings. The molecule has 1 N–H and O–H groups in total. The predicted octanol–water partition coefficient (Wildman–Crippen LogP) is 2.57. The standard InChI is InChI=1S/C12H20N2OS/c1-9(2)13-5-12-14-11(8-16-12)7-15-6-10-3-4-10/h8-10,13H,3-7H2,1-2H3. The van der Waals surface area contributed by atoms with Crippen molar-refractivity contribution in [1.82, 2.24) is 10.3 Å². The third-order valence-electron chi connectivity index (χ3n) is 2.56. The zero-order chi connectivity index (χ0) is 11.4. The average Bonchev–Trinajstić information content (AvgIpc) is 2.94. The van der Waals surface area contributed by atoms with Gasteiger partial charge in [-0.05, 0) is 18.8 Å². The van der Waals surface area contributed by atoms with E-state index < -0.39 is 0 Å². The van der Waals surface area contributed by atoms with Crippen LogP contribution in [-0.2, 0) is 17.9 Å². The monoisotopic (exact) mass is 240 g/mol. The highest BCUT2D eigenvalue weighted by atomic mass is 32.1. The maximum absolute atomic E-state index is 5.61. The van der Waals surface area contributed by atoms with Crippen LogP contribution in [-0.4, -0.2) is 17.6 Å². The average molecular weight is 240 g/mol. The molecule has 16 heavy (non-hydrogen) atoms. The molecular formula is C12H20N2OS. The summed E-state index contributed by atoms with van der Waals surface area (Å²) in [5.74, 6) is 0.834. The Morgan fingerprint density at radius 3 is 3.06 bits per heavy atom. The summed E-state index contributed by atoms with van der Waals surface area (Å²) in [5.41, 5.74) is 1.08. The van der Waals surface area contributed by atoms with E-state index in [1.165, 1.54) is 12.8 Å². The molecular weight excluding hydrogens is 220 g/mol. The zero-order valence-electron chi connectivity index (χ0n) is 10.0. The van der Waals surface area contributed by atoms with Crippen LogP contribution >= 0.6 is 11.3 Å². The van der Waals surface area contributed by atoms with Crippen LogP contribution in [0.25, 0.3) is 0 Å². The molecule has 0 aromatic carbocycles. The molecule has 1 aromatic heterocycles. The minimum atomic E-state index is 0.512. The smallest absolute Gasteiger partial charge is 0.107 e. The van der Waals surface area contributed by atoms with Crippen molar-refractivity contribution in [1.29, 1.82) is 0 Å². The first-order valence-electron chi connectivity index (χ1n) is 5.98. The van der Waals surface area contributed by atoms with Crippen molar-refractivity contribution in [2.75, 3.05) is 6.61 Å². The van der Waals surface area contributed by atoms with Crippen LogP contribution in [0, 0.1) is 5.92 Å². The van der Waals surface area contributed by atoms with Gasteiger partial charge in [0.2, 0.25) is 0 Å². The second kappa shape index (κ2) is 5.75. The second-order valence-electron chi connectivity index (χ2n) is 4.73. The molecule has 2 rings (SSSR count). The van der Waals surface area contributed by atoms with Crippen LogP contribution < -0.4 is 5.32 Å². The number of hydrogen-bond donors (Lipinski definition) is 1. The van der Waals surface area contributed by atoms with Gasteiger partial charge in [0.25, 0.3) is 0 Å². The van der Waals surface area contributed by atoms with Gasteiger partial charge < -0.3 is 10.1 Å². The highest BCUT2D eigenvalue weighted by molar-refractivity contribution is 7.09. The summed E-state index contributed by atoms with van der Waals surface area (Å²) in [6, 6.07) is 0.512. The van der Waals surface area contributed by atoms with Gasteiger partial charge in [-0.2, -0.15) is 0 Å². The van der Waals surface area contributed by atoms with E-state index in [1.807, 2.05) is 0 Å². The van der Waals surface area contributed by atoms with Crippen LogP contribution in [0.3, 0.4) is 0 Å². The Hall–Kier alpha value is -0.450. The van der Waals surface area contributed by atoms with E-state index in [9.17, 15) is 0 Å². The van der Waals surface area contributed by atoms with Gasteiger partial charge in [-0.3, -0.25) is 0 Å². The van der Waals surface area contributed by atoms with Gasteiger partial charge in [0.05, 0.1) is 12.3 Å². The summed E-state index contributed by atoms with van der Waals surface area (Å²) in [4.78, 5) is 4.53. The quantitative estimate of drug-likeness (QED) is 0.795. The highest BCUT2D eigenvalue weighted by Gasteiger charge is 2.21. The zero-order valence-corrected chi connectivity index (χ0v) is 10.8. The number of hydrogen-bond acceptors (Lipinski definition) is 4. The molecule has 0 bridgehead atoms. The van der Waals surface area contributed by atoms with Gasteiger partial charge >= 0.3 is 0 Å². The minimum Gasteiger partial charge on any atom is -0.375 e. The van der Waals surface area contributed by atoms with Crippen molar-refractivity contribution >= 4 is 11.3 Å². The molecule has 0 saturated heterocycles.